The summed E-state index contributed by atoms with van der Waals surface area (Å²) in [6, 6.07) is 4.32. The molecule has 1 aliphatic heterocycles. The summed E-state index contributed by atoms with van der Waals surface area (Å²) in [5.41, 5.74) is 4.50. The summed E-state index contributed by atoms with van der Waals surface area (Å²) in [5.74, 6) is -3.98. The number of hydrogen-bond donors (Lipinski definition) is 2. The Balaban J connectivity index is 1.65. The molecule has 0 spiro atoms. The number of imidazole rings is 1. The number of amides is 1. The number of nitrogens with zero attached hydrogens (tertiary/aromatic N) is 4. The molecule has 3 aromatic rings. The van der Waals surface area contributed by atoms with E-state index in [9.17, 15) is 22.4 Å². The predicted molar refractivity (Wildman–Crippen MR) is 116 cm³/mol. The molecule has 5 rings (SSSR count). The average molecular weight is 474 g/mol. The summed E-state index contributed by atoms with van der Waals surface area (Å²) >= 11 is 0. The maximum absolute atomic E-state index is 14.1. The monoisotopic (exact) mass is 474 g/mol. The molecule has 0 atom stereocenters. The number of anilines is 2. The number of carbonyl (C=O) groups excluding carboxylic acids is 1. The minimum absolute atomic E-state index is 0.00548. The van der Waals surface area contributed by atoms with Crippen LogP contribution in [-0.2, 0) is 16.9 Å². The molecule has 0 saturated heterocycles. The van der Waals surface area contributed by atoms with Crippen LogP contribution in [0, 0.1) is 23.3 Å². The summed E-state index contributed by atoms with van der Waals surface area (Å²) in [7, 11) is 0. The fraction of sp³-hybridized carbons (Fsp3) is 0.348. The number of aromatic nitrogens is 3. The van der Waals surface area contributed by atoms with Gasteiger partial charge in [0.15, 0.2) is 17.5 Å². The number of hydrogen-bond acceptors (Lipinski definition) is 5. The van der Waals surface area contributed by atoms with Crippen LogP contribution < -0.4 is 11.1 Å². The van der Waals surface area contributed by atoms with Crippen LogP contribution in [0.2, 0.25) is 0 Å². The first-order chi connectivity index (χ1) is 16.0. The van der Waals surface area contributed by atoms with Gasteiger partial charge in [-0.1, -0.05) is 0 Å². The Morgan fingerprint density at radius 2 is 1.76 bits per heavy atom. The van der Waals surface area contributed by atoms with Gasteiger partial charge >= 0.3 is 0 Å². The Bertz CT molecular complexity index is 1280. The molecule has 0 unspecified atom stereocenters. The van der Waals surface area contributed by atoms with Crippen molar-refractivity contribution >= 4 is 17.5 Å². The average Bonchev–Trinajstić information content (AvgIpc) is 3.43. The largest absolute Gasteiger partial charge is 0.327 e. The summed E-state index contributed by atoms with van der Waals surface area (Å²) in [6.45, 7) is 4.25. The smallest absolute Gasteiger partial charge is 0.243 e. The lowest BCUT2D eigenvalue weighted by atomic mass is 9.97. The van der Waals surface area contributed by atoms with Crippen molar-refractivity contribution in [3.63, 3.8) is 0 Å². The number of carbonyl (C=O) groups is 1. The van der Waals surface area contributed by atoms with E-state index in [1.54, 1.807) is 9.47 Å². The molecule has 2 aromatic heterocycles. The highest BCUT2D eigenvalue weighted by atomic mass is 19.2. The number of benzene rings is 1. The van der Waals surface area contributed by atoms with Gasteiger partial charge < -0.3 is 20.5 Å². The first-order valence-electron chi connectivity index (χ1n) is 10.8. The van der Waals surface area contributed by atoms with Crippen LogP contribution in [0.3, 0.4) is 0 Å². The summed E-state index contributed by atoms with van der Waals surface area (Å²) < 4.78 is 56.9. The highest BCUT2D eigenvalue weighted by molar-refractivity contribution is 5.90. The Kier molecular flexibility index (Phi) is 4.94. The molecule has 2 aliphatic rings. The molecule has 0 bridgehead atoms. The van der Waals surface area contributed by atoms with E-state index in [2.05, 4.69) is 15.3 Å². The van der Waals surface area contributed by atoms with E-state index in [0.717, 1.165) is 18.3 Å². The molecule has 0 radical (unpaired) electrons. The molecular formula is C23H22F4N6O. The fourth-order valence-corrected chi connectivity index (χ4v) is 4.30. The zero-order valence-electron chi connectivity index (χ0n) is 18.5. The van der Waals surface area contributed by atoms with E-state index in [4.69, 9.17) is 5.73 Å². The Morgan fingerprint density at radius 1 is 1.09 bits per heavy atom. The quantitative estimate of drug-likeness (QED) is 0.444. The minimum Gasteiger partial charge on any atom is -0.327 e. The summed E-state index contributed by atoms with van der Waals surface area (Å²) in [5, 5.41) is 3.04. The minimum atomic E-state index is -1.59. The standard InChI is InChI=1S/C23H22F4N6O/c1-22(2)20-31-18(12-9-14(25)17(27)15(26)10-12)19(30-16-4-3-13(24)11-29-16)32(20)7-8-33(22)21(34)23(28)5-6-23/h3-4,9-11H,5-8,28H2,1-2H3,(H,29,30). The van der Waals surface area contributed by atoms with Crippen molar-refractivity contribution < 1.29 is 22.4 Å². The SMILES string of the molecule is CC1(C)c2nc(-c3cc(F)c(F)c(F)c3)c(Nc3ccc(F)cn3)n2CCN1C(=O)C1(N)CC1. The van der Waals surface area contributed by atoms with Gasteiger partial charge in [-0.15, -0.1) is 0 Å². The zero-order chi connectivity index (χ0) is 24.4. The van der Waals surface area contributed by atoms with Gasteiger partial charge in [0.25, 0.3) is 0 Å². The lowest BCUT2D eigenvalue weighted by molar-refractivity contribution is -0.141. The van der Waals surface area contributed by atoms with Crippen molar-refractivity contribution in [3.8, 4) is 11.3 Å². The second-order valence-electron chi connectivity index (χ2n) is 9.20. The van der Waals surface area contributed by atoms with Gasteiger partial charge in [-0.25, -0.2) is 27.5 Å². The lowest BCUT2D eigenvalue weighted by Gasteiger charge is -2.43. The first-order valence-corrected chi connectivity index (χ1v) is 10.8. The molecule has 11 heteroatoms. The Hall–Kier alpha value is -3.47. The van der Waals surface area contributed by atoms with Crippen LogP contribution in [0.5, 0.6) is 0 Å². The molecule has 178 valence electrons. The van der Waals surface area contributed by atoms with Crippen LogP contribution in [0.15, 0.2) is 30.5 Å². The highest BCUT2D eigenvalue weighted by Crippen LogP contribution is 2.43. The number of pyridine rings is 1. The summed E-state index contributed by atoms with van der Waals surface area (Å²) in [6.07, 6.45) is 2.23. The predicted octanol–water partition coefficient (Wildman–Crippen LogP) is 3.81. The van der Waals surface area contributed by atoms with E-state index >= 15 is 0 Å². The van der Waals surface area contributed by atoms with Crippen molar-refractivity contribution in [3.05, 3.63) is 59.6 Å². The van der Waals surface area contributed by atoms with Crippen LogP contribution >= 0.6 is 0 Å². The Labute approximate surface area is 192 Å². The highest BCUT2D eigenvalue weighted by Gasteiger charge is 2.53. The third-order valence-electron chi connectivity index (χ3n) is 6.43. The first kappa shape index (κ1) is 22.3. The zero-order valence-corrected chi connectivity index (χ0v) is 18.5. The summed E-state index contributed by atoms with van der Waals surface area (Å²) in [4.78, 5) is 23.4. The van der Waals surface area contributed by atoms with Gasteiger partial charge in [-0.2, -0.15) is 0 Å². The second kappa shape index (κ2) is 7.52. The Morgan fingerprint density at radius 3 is 2.35 bits per heavy atom. The molecule has 3 heterocycles. The molecular weight excluding hydrogens is 452 g/mol. The second-order valence-corrected chi connectivity index (χ2v) is 9.20. The van der Waals surface area contributed by atoms with Crippen molar-refractivity contribution in [2.45, 2.75) is 44.3 Å². The van der Waals surface area contributed by atoms with Gasteiger partial charge in [0.05, 0.1) is 17.3 Å². The molecule has 34 heavy (non-hydrogen) atoms. The molecule has 1 saturated carbocycles. The van der Waals surface area contributed by atoms with Crippen molar-refractivity contribution in [2.75, 3.05) is 11.9 Å². The number of nitrogens with one attached hydrogen (secondary N) is 1. The van der Waals surface area contributed by atoms with E-state index < -0.39 is 34.3 Å². The van der Waals surface area contributed by atoms with Crippen LogP contribution in [0.1, 0.15) is 32.5 Å². The van der Waals surface area contributed by atoms with Gasteiger partial charge in [0.1, 0.15) is 29.0 Å². The van der Waals surface area contributed by atoms with Crippen LogP contribution in [-0.4, -0.2) is 37.4 Å². The van der Waals surface area contributed by atoms with Crippen molar-refractivity contribution in [1.29, 1.82) is 0 Å². The third kappa shape index (κ3) is 3.51. The van der Waals surface area contributed by atoms with Gasteiger partial charge in [-0.3, -0.25) is 4.79 Å². The van der Waals surface area contributed by atoms with E-state index in [-0.39, 0.29) is 23.0 Å². The van der Waals surface area contributed by atoms with Crippen LogP contribution in [0.4, 0.5) is 29.2 Å². The molecule has 3 N–H and O–H groups in total. The molecule has 1 fully saturated rings. The molecule has 7 nitrogen and oxygen atoms in total. The number of halogens is 4. The van der Waals surface area contributed by atoms with E-state index in [0.29, 0.717) is 37.6 Å². The van der Waals surface area contributed by atoms with Gasteiger partial charge in [-0.05, 0) is 51.0 Å². The van der Waals surface area contributed by atoms with E-state index in [1.165, 1.54) is 12.1 Å². The van der Waals surface area contributed by atoms with Crippen LogP contribution in [0.25, 0.3) is 11.3 Å². The lowest BCUT2D eigenvalue weighted by Crippen LogP contribution is -2.57. The number of rotatable bonds is 4. The third-order valence-corrected chi connectivity index (χ3v) is 6.43. The maximum Gasteiger partial charge on any atom is 0.243 e. The van der Waals surface area contributed by atoms with Gasteiger partial charge in [0.2, 0.25) is 5.91 Å². The topological polar surface area (TPSA) is 89.1 Å². The number of fused-ring (bicyclic) bond motifs is 1. The van der Waals surface area contributed by atoms with Crippen molar-refractivity contribution in [1.82, 2.24) is 19.4 Å². The van der Waals surface area contributed by atoms with E-state index in [1.807, 2.05) is 13.8 Å². The maximum atomic E-state index is 14.1. The molecule has 1 aromatic carbocycles. The molecule has 1 aliphatic carbocycles. The molecule has 1 amide bonds. The van der Waals surface area contributed by atoms with Gasteiger partial charge in [0, 0.05) is 18.7 Å². The number of nitrogens with two attached hydrogens (primary N) is 1. The normalized spacial score (nSPS) is 17.9. The fourth-order valence-electron chi connectivity index (χ4n) is 4.30. The van der Waals surface area contributed by atoms with Crippen molar-refractivity contribution in [2.24, 2.45) is 5.73 Å².